The molecular formula is C31H30N4O5S. The lowest BCUT2D eigenvalue weighted by Gasteiger charge is -2.31. The molecule has 4 heterocycles. The Labute approximate surface area is 241 Å². The van der Waals surface area contributed by atoms with Crippen molar-refractivity contribution >= 4 is 57.3 Å². The molecule has 0 unspecified atom stereocenters. The number of hydrogen-bond acceptors (Lipinski definition) is 6. The van der Waals surface area contributed by atoms with Crippen LogP contribution in [0.2, 0.25) is 0 Å². The molecule has 2 N–H and O–H groups in total. The number of thiophene rings is 1. The second-order valence-electron chi connectivity index (χ2n) is 10.4. The van der Waals surface area contributed by atoms with Crippen LogP contribution in [-0.4, -0.2) is 54.7 Å². The van der Waals surface area contributed by atoms with Gasteiger partial charge in [-0.3, -0.25) is 19.2 Å². The average Bonchev–Trinajstić information content (AvgIpc) is 3.70. The summed E-state index contributed by atoms with van der Waals surface area (Å²) in [5, 5.41) is 8.21. The molecule has 0 bridgehead atoms. The minimum absolute atomic E-state index is 0.0261. The summed E-state index contributed by atoms with van der Waals surface area (Å²) in [6.07, 6.45) is 3.06. The Morgan fingerprint density at radius 2 is 1.73 bits per heavy atom. The highest BCUT2D eigenvalue weighted by Gasteiger charge is 2.27. The highest BCUT2D eigenvalue weighted by atomic mass is 32.1. The van der Waals surface area contributed by atoms with Crippen LogP contribution in [0.15, 0.2) is 70.5 Å². The van der Waals surface area contributed by atoms with Crippen LogP contribution < -0.4 is 15.5 Å². The molecule has 1 fully saturated rings. The van der Waals surface area contributed by atoms with Crippen LogP contribution in [0.3, 0.4) is 0 Å². The van der Waals surface area contributed by atoms with E-state index in [2.05, 4.69) is 10.6 Å². The first-order valence-corrected chi connectivity index (χ1v) is 14.7. The van der Waals surface area contributed by atoms with E-state index >= 15 is 0 Å². The lowest BCUT2D eigenvalue weighted by atomic mass is 9.96. The fourth-order valence-electron chi connectivity index (χ4n) is 5.51. The Balaban J connectivity index is 0.984. The minimum Gasteiger partial charge on any atom is -0.451 e. The van der Waals surface area contributed by atoms with Crippen LogP contribution in [0.1, 0.15) is 45.1 Å². The van der Waals surface area contributed by atoms with Gasteiger partial charge < -0.3 is 24.9 Å². The molecule has 41 heavy (non-hydrogen) atoms. The molecule has 0 spiro atoms. The quantitative estimate of drug-likeness (QED) is 0.338. The number of likely N-dealkylation sites (tertiary alicyclic amines) is 1. The standard InChI is InChI=1S/C31H30N4O5S/c36-28(32-19-20-11-14-34(15-12-20)30(38)26-18-22-5-1-2-7-25(22)40-26)29(37)33-23-9-10-24-21(17-23)6-3-13-35(24)31(39)27-8-4-16-41-27/h1-2,4-5,7-10,16-18,20H,3,6,11-15,19H2,(H,32,36)(H,33,37). The number of anilines is 2. The third kappa shape index (κ3) is 5.74. The largest absolute Gasteiger partial charge is 0.451 e. The number of rotatable bonds is 5. The van der Waals surface area contributed by atoms with Gasteiger partial charge in [0.15, 0.2) is 5.76 Å². The molecule has 2 aromatic heterocycles. The van der Waals surface area contributed by atoms with Gasteiger partial charge >= 0.3 is 11.8 Å². The molecule has 1 saturated heterocycles. The Bertz CT molecular complexity index is 1570. The molecule has 6 rings (SSSR count). The second kappa shape index (κ2) is 11.6. The number of aryl methyl sites for hydroxylation is 1. The number of benzene rings is 2. The third-order valence-corrected chi connectivity index (χ3v) is 8.59. The number of fused-ring (bicyclic) bond motifs is 2. The zero-order valence-electron chi connectivity index (χ0n) is 22.4. The van der Waals surface area contributed by atoms with Gasteiger partial charge in [0.1, 0.15) is 5.58 Å². The van der Waals surface area contributed by atoms with E-state index in [0.29, 0.717) is 48.1 Å². The maximum absolute atomic E-state index is 12.9. The maximum atomic E-state index is 12.9. The van der Waals surface area contributed by atoms with E-state index in [9.17, 15) is 19.2 Å². The molecule has 10 heteroatoms. The van der Waals surface area contributed by atoms with Gasteiger partial charge in [0.25, 0.3) is 11.8 Å². The SMILES string of the molecule is O=C(NCC1CCN(C(=O)c2cc3ccccc3o2)CC1)C(=O)Nc1ccc2c(c1)CCCN2C(=O)c1cccs1. The van der Waals surface area contributed by atoms with E-state index in [4.69, 9.17) is 4.42 Å². The van der Waals surface area contributed by atoms with Crippen LogP contribution >= 0.6 is 11.3 Å². The molecule has 9 nitrogen and oxygen atoms in total. The summed E-state index contributed by atoms with van der Waals surface area (Å²) in [6.45, 7) is 2.13. The summed E-state index contributed by atoms with van der Waals surface area (Å²) >= 11 is 1.42. The van der Waals surface area contributed by atoms with Crippen LogP contribution in [0.25, 0.3) is 11.0 Å². The zero-order valence-corrected chi connectivity index (χ0v) is 23.2. The van der Waals surface area contributed by atoms with E-state index < -0.39 is 11.8 Å². The summed E-state index contributed by atoms with van der Waals surface area (Å²) in [7, 11) is 0. The Hall–Kier alpha value is -4.44. The number of nitrogens with one attached hydrogen (secondary N) is 2. The first kappa shape index (κ1) is 26.8. The topological polar surface area (TPSA) is 112 Å². The molecule has 4 aromatic rings. The molecule has 0 aliphatic carbocycles. The summed E-state index contributed by atoms with van der Waals surface area (Å²) in [6, 6.07) is 18.4. The summed E-state index contributed by atoms with van der Waals surface area (Å²) in [4.78, 5) is 55.2. The van der Waals surface area contributed by atoms with Crippen molar-refractivity contribution in [2.45, 2.75) is 25.7 Å². The fourth-order valence-corrected chi connectivity index (χ4v) is 6.18. The molecule has 210 valence electrons. The third-order valence-electron chi connectivity index (χ3n) is 7.73. The lowest BCUT2D eigenvalue weighted by Crippen LogP contribution is -2.43. The smallest absolute Gasteiger partial charge is 0.313 e. The Morgan fingerprint density at radius 3 is 2.51 bits per heavy atom. The predicted octanol–water partition coefficient (Wildman–Crippen LogP) is 4.69. The van der Waals surface area contributed by atoms with Crippen molar-refractivity contribution in [3.8, 4) is 0 Å². The number of carbonyl (C=O) groups excluding carboxylic acids is 4. The van der Waals surface area contributed by atoms with Gasteiger partial charge in [-0.1, -0.05) is 24.3 Å². The normalized spacial score (nSPS) is 15.4. The van der Waals surface area contributed by atoms with Crippen molar-refractivity contribution in [2.24, 2.45) is 5.92 Å². The van der Waals surface area contributed by atoms with Gasteiger partial charge in [0.05, 0.1) is 4.88 Å². The van der Waals surface area contributed by atoms with E-state index in [1.54, 1.807) is 21.9 Å². The van der Waals surface area contributed by atoms with Crippen LogP contribution in [0, 0.1) is 5.92 Å². The molecule has 0 atom stereocenters. The van der Waals surface area contributed by atoms with E-state index in [-0.39, 0.29) is 17.7 Å². The van der Waals surface area contributed by atoms with Crippen molar-refractivity contribution in [1.82, 2.24) is 10.2 Å². The lowest BCUT2D eigenvalue weighted by molar-refractivity contribution is -0.136. The van der Waals surface area contributed by atoms with Gasteiger partial charge in [0, 0.05) is 42.9 Å². The zero-order chi connectivity index (χ0) is 28.3. The van der Waals surface area contributed by atoms with Gasteiger partial charge in [-0.25, -0.2) is 0 Å². The number of para-hydroxylation sites is 1. The van der Waals surface area contributed by atoms with Gasteiger partial charge in [-0.05, 0) is 78.9 Å². The Kier molecular flexibility index (Phi) is 7.56. The minimum atomic E-state index is -0.732. The number of furan rings is 1. The van der Waals surface area contributed by atoms with E-state index in [1.807, 2.05) is 53.9 Å². The predicted molar refractivity (Wildman–Crippen MR) is 157 cm³/mol. The van der Waals surface area contributed by atoms with Crippen molar-refractivity contribution < 1.29 is 23.6 Å². The number of nitrogens with zero attached hydrogens (tertiary/aromatic N) is 2. The van der Waals surface area contributed by atoms with Gasteiger partial charge in [0.2, 0.25) is 0 Å². The summed E-state index contributed by atoms with van der Waals surface area (Å²) < 4.78 is 5.72. The maximum Gasteiger partial charge on any atom is 0.313 e. The molecule has 2 aliphatic rings. The highest BCUT2D eigenvalue weighted by Crippen LogP contribution is 2.31. The average molecular weight is 571 g/mol. The summed E-state index contributed by atoms with van der Waals surface area (Å²) in [5.74, 6) is -1.09. The molecular weight excluding hydrogens is 540 g/mol. The van der Waals surface area contributed by atoms with E-state index in [1.165, 1.54) is 11.3 Å². The van der Waals surface area contributed by atoms with Crippen LogP contribution in [0.4, 0.5) is 11.4 Å². The molecule has 2 aliphatic heterocycles. The number of amides is 4. The number of carbonyl (C=O) groups is 4. The van der Waals surface area contributed by atoms with Crippen molar-refractivity contribution in [2.75, 3.05) is 36.4 Å². The van der Waals surface area contributed by atoms with Crippen LogP contribution in [-0.2, 0) is 16.0 Å². The molecule has 2 aromatic carbocycles. The van der Waals surface area contributed by atoms with Crippen LogP contribution in [0.5, 0.6) is 0 Å². The molecule has 4 amide bonds. The molecule has 0 saturated carbocycles. The fraction of sp³-hybridized carbons (Fsp3) is 0.290. The second-order valence-corrected chi connectivity index (χ2v) is 11.4. The Morgan fingerprint density at radius 1 is 0.902 bits per heavy atom. The monoisotopic (exact) mass is 570 g/mol. The van der Waals surface area contributed by atoms with Crippen molar-refractivity contribution in [3.63, 3.8) is 0 Å². The molecule has 0 radical (unpaired) electrons. The first-order valence-electron chi connectivity index (χ1n) is 13.8. The van der Waals surface area contributed by atoms with Gasteiger partial charge in [-0.2, -0.15) is 0 Å². The first-order chi connectivity index (χ1) is 20.0. The highest BCUT2D eigenvalue weighted by molar-refractivity contribution is 7.12. The number of hydrogen-bond donors (Lipinski definition) is 2. The number of piperidine rings is 1. The summed E-state index contributed by atoms with van der Waals surface area (Å²) in [5.41, 5.74) is 3.01. The van der Waals surface area contributed by atoms with Gasteiger partial charge in [-0.15, -0.1) is 11.3 Å². The van der Waals surface area contributed by atoms with Crippen molar-refractivity contribution in [3.05, 3.63) is 82.2 Å². The van der Waals surface area contributed by atoms with Crippen molar-refractivity contribution in [1.29, 1.82) is 0 Å². The van der Waals surface area contributed by atoms with E-state index in [0.717, 1.165) is 42.3 Å².